The number of nitrogens with zero attached hydrogens (tertiary/aromatic N) is 4. The van der Waals surface area contributed by atoms with Crippen molar-refractivity contribution in [2.45, 2.75) is 51.4 Å². The first-order chi connectivity index (χ1) is 18.8. The van der Waals surface area contributed by atoms with E-state index in [4.69, 9.17) is 4.74 Å². The summed E-state index contributed by atoms with van der Waals surface area (Å²) >= 11 is 1.41. The van der Waals surface area contributed by atoms with Gasteiger partial charge in [-0.2, -0.15) is 0 Å². The van der Waals surface area contributed by atoms with Crippen LogP contribution in [0.3, 0.4) is 0 Å². The molecule has 0 saturated heterocycles. The molecule has 1 fully saturated rings. The zero-order chi connectivity index (χ0) is 27.2. The molecule has 5 rings (SSSR count). The molecule has 2 aromatic heterocycles. The van der Waals surface area contributed by atoms with E-state index in [0.29, 0.717) is 22.6 Å². The molecule has 208 valence electrons. The Labute approximate surface area is 229 Å². The maximum atomic E-state index is 12.7. The molecule has 0 N–H and O–H groups in total. The van der Waals surface area contributed by atoms with E-state index in [1.54, 1.807) is 12.3 Å². The lowest BCUT2D eigenvalue weighted by Crippen LogP contribution is -2.32. The lowest BCUT2D eigenvalue weighted by molar-refractivity contribution is -0.325. The van der Waals surface area contributed by atoms with Gasteiger partial charge in [0.1, 0.15) is 6.61 Å². The Bertz CT molecular complexity index is 1300. The van der Waals surface area contributed by atoms with E-state index in [1.807, 2.05) is 30.5 Å². The largest absolute Gasteiger partial charge is 0.522 e. The van der Waals surface area contributed by atoms with Crippen molar-refractivity contribution in [3.05, 3.63) is 52.7 Å². The van der Waals surface area contributed by atoms with Crippen LogP contribution in [0.2, 0.25) is 0 Å². The van der Waals surface area contributed by atoms with Crippen LogP contribution in [0.1, 0.15) is 53.0 Å². The first-order valence-electron chi connectivity index (χ1n) is 13.3. The summed E-state index contributed by atoms with van der Waals surface area (Å²) in [5.74, 6) is 0.759. The first kappa shape index (κ1) is 27.7. The van der Waals surface area contributed by atoms with Gasteiger partial charge in [-0.1, -0.05) is 23.5 Å². The zero-order valence-electron chi connectivity index (χ0n) is 21.5. The molecule has 0 unspecified atom stereocenters. The SMILES string of the molecule is O=C(N=CC1CCC(CCN2CCc3sc(OCCOC(F)(F)F)nc3C2)CC1)c1cccc2ncccc12. The Morgan fingerprint density at radius 2 is 2.00 bits per heavy atom. The molecule has 3 aromatic rings. The van der Waals surface area contributed by atoms with Crippen molar-refractivity contribution in [1.82, 2.24) is 14.9 Å². The summed E-state index contributed by atoms with van der Waals surface area (Å²) in [4.78, 5) is 29.4. The summed E-state index contributed by atoms with van der Waals surface area (Å²) in [6, 6.07) is 9.27. The number of aromatic nitrogens is 2. The van der Waals surface area contributed by atoms with Gasteiger partial charge in [0.05, 0.1) is 23.4 Å². The third-order valence-electron chi connectivity index (χ3n) is 7.39. The van der Waals surface area contributed by atoms with Crippen LogP contribution in [0.25, 0.3) is 10.9 Å². The van der Waals surface area contributed by atoms with Gasteiger partial charge in [-0.05, 0) is 75.1 Å². The number of carbonyl (C=O) groups excluding carboxylic acids is 1. The molecule has 0 atom stereocenters. The number of hydrogen-bond acceptors (Lipinski definition) is 7. The summed E-state index contributed by atoms with van der Waals surface area (Å²) in [6.45, 7) is 1.94. The number of hydrogen-bond donors (Lipinski definition) is 0. The summed E-state index contributed by atoms with van der Waals surface area (Å²) in [6.07, 6.45) is 5.22. The fraction of sp³-hybridized carbons (Fsp3) is 0.500. The normalized spacial score (nSPS) is 20.4. The second-order valence-electron chi connectivity index (χ2n) is 10.0. The second kappa shape index (κ2) is 12.5. The Hall–Kier alpha value is -2.89. The van der Waals surface area contributed by atoms with Gasteiger partial charge >= 0.3 is 6.36 Å². The van der Waals surface area contributed by atoms with Gasteiger partial charge in [0.25, 0.3) is 11.1 Å². The smallest absolute Gasteiger partial charge is 0.468 e. The number of halogens is 3. The van der Waals surface area contributed by atoms with Gasteiger partial charge in [0.2, 0.25) is 0 Å². The van der Waals surface area contributed by atoms with Gasteiger partial charge in [-0.3, -0.25) is 19.4 Å². The predicted octanol–water partition coefficient (Wildman–Crippen LogP) is 6.07. The monoisotopic (exact) mass is 560 g/mol. The minimum absolute atomic E-state index is 0.183. The number of benzene rings is 1. The maximum Gasteiger partial charge on any atom is 0.522 e. The van der Waals surface area contributed by atoms with Crippen LogP contribution in [0.4, 0.5) is 13.2 Å². The molecule has 3 heterocycles. The Kier molecular flexibility index (Phi) is 8.89. The van der Waals surface area contributed by atoms with E-state index < -0.39 is 13.0 Å². The second-order valence-corrected chi connectivity index (χ2v) is 11.1. The number of aliphatic imine (C=N–C) groups is 1. The fourth-order valence-corrected chi connectivity index (χ4v) is 6.22. The molecule has 1 amide bonds. The highest BCUT2D eigenvalue weighted by Crippen LogP contribution is 2.33. The van der Waals surface area contributed by atoms with E-state index in [1.165, 1.54) is 11.3 Å². The molecule has 1 aromatic carbocycles. The molecule has 0 radical (unpaired) electrons. The van der Waals surface area contributed by atoms with E-state index in [0.717, 1.165) is 79.6 Å². The Morgan fingerprint density at radius 1 is 1.15 bits per heavy atom. The molecule has 11 heteroatoms. The van der Waals surface area contributed by atoms with Crippen molar-refractivity contribution in [1.29, 1.82) is 0 Å². The van der Waals surface area contributed by atoms with E-state index in [2.05, 4.69) is 24.6 Å². The summed E-state index contributed by atoms with van der Waals surface area (Å²) in [5, 5.41) is 1.23. The van der Waals surface area contributed by atoms with Crippen molar-refractivity contribution in [2.24, 2.45) is 16.8 Å². The lowest BCUT2D eigenvalue weighted by atomic mass is 9.81. The summed E-state index contributed by atoms with van der Waals surface area (Å²) < 4.78 is 45.4. The molecule has 39 heavy (non-hydrogen) atoms. The van der Waals surface area contributed by atoms with Crippen molar-refractivity contribution in [3.63, 3.8) is 0 Å². The zero-order valence-corrected chi connectivity index (χ0v) is 22.3. The number of ether oxygens (including phenoxy) is 2. The van der Waals surface area contributed by atoms with E-state index in [-0.39, 0.29) is 12.5 Å². The highest BCUT2D eigenvalue weighted by Gasteiger charge is 2.29. The van der Waals surface area contributed by atoms with Gasteiger partial charge in [-0.15, -0.1) is 13.2 Å². The number of alkyl halides is 3. The molecule has 0 spiro atoms. The predicted molar refractivity (Wildman–Crippen MR) is 143 cm³/mol. The molecule has 7 nitrogen and oxygen atoms in total. The standard InChI is InChI=1S/C28H31F3N4O3S/c29-28(30,31)38-16-15-37-27-34-24-18-35(14-11-25(24)39-27)13-10-19-6-8-20(9-7-19)17-33-26(36)22-3-1-5-23-21(22)4-2-12-32-23/h1-5,12,17,19-20H,6-11,13-16,18H2. The number of thiazole rings is 1. The third-order valence-corrected chi connectivity index (χ3v) is 8.46. The van der Waals surface area contributed by atoms with Crippen LogP contribution in [0.5, 0.6) is 5.19 Å². The summed E-state index contributed by atoms with van der Waals surface area (Å²) in [7, 11) is 0. The topological polar surface area (TPSA) is 76.9 Å². The number of amides is 1. The van der Waals surface area contributed by atoms with Crippen molar-refractivity contribution >= 4 is 34.4 Å². The Balaban J connectivity index is 1.03. The van der Waals surface area contributed by atoms with Gasteiger partial charge in [-0.25, -0.2) is 9.98 Å². The minimum atomic E-state index is -4.64. The van der Waals surface area contributed by atoms with Crippen LogP contribution in [0, 0.1) is 11.8 Å². The minimum Gasteiger partial charge on any atom is -0.468 e. The maximum absolute atomic E-state index is 12.7. The van der Waals surface area contributed by atoms with Gasteiger partial charge in [0, 0.05) is 35.8 Å². The molecule has 1 saturated carbocycles. The first-order valence-corrected chi connectivity index (χ1v) is 14.1. The average molecular weight is 561 g/mol. The van der Waals surface area contributed by atoms with Gasteiger partial charge < -0.3 is 4.74 Å². The molecule has 2 aliphatic rings. The molecular formula is C28H31F3N4O3S. The summed E-state index contributed by atoms with van der Waals surface area (Å²) in [5.41, 5.74) is 2.34. The van der Waals surface area contributed by atoms with Gasteiger partial charge in [0.15, 0.2) is 0 Å². The quantitative estimate of drug-likeness (QED) is 0.234. The Morgan fingerprint density at radius 3 is 2.82 bits per heavy atom. The van der Waals surface area contributed by atoms with Crippen molar-refractivity contribution in [2.75, 3.05) is 26.3 Å². The molecule has 1 aliphatic carbocycles. The lowest BCUT2D eigenvalue weighted by Gasteiger charge is -2.30. The molecule has 0 bridgehead atoms. The van der Waals surface area contributed by atoms with E-state index >= 15 is 0 Å². The van der Waals surface area contributed by atoms with Crippen LogP contribution in [-0.4, -0.2) is 59.7 Å². The van der Waals surface area contributed by atoms with Crippen molar-refractivity contribution in [3.8, 4) is 5.19 Å². The third kappa shape index (κ3) is 7.61. The van der Waals surface area contributed by atoms with E-state index in [9.17, 15) is 18.0 Å². The highest BCUT2D eigenvalue weighted by atomic mass is 32.1. The highest BCUT2D eigenvalue weighted by molar-refractivity contribution is 7.13. The van der Waals surface area contributed by atoms with Crippen LogP contribution in [0.15, 0.2) is 41.5 Å². The van der Waals surface area contributed by atoms with Crippen LogP contribution in [-0.2, 0) is 17.7 Å². The van der Waals surface area contributed by atoms with Crippen LogP contribution >= 0.6 is 11.3 Å². The number of rotatable bonds is 9. The molecular weight excluding hydrogens is 529 g/mol. The van der Waals surface area contributed by atoms with Crippen LogP contribution < -0.4 is 4.74 Å². The average Bonchev–Trinajstić information content (AvgIpc) is 3.35. The number of fused-ring (bicyclic) bond motifs is 2. The number of carbonyl (C=O) groups is 1. The number of pyridine rings is 1. The fourth-order valence-electron chi connectivity index (χ4n) is 5.29. The molecule has 1 aliphatic heterocycles. The van der Waals surface area contributed by atoms with Crippen molar-refractivity contribution < 1.29 is 27.4 Å².